The van der Waals surface area contributed by atoms with Crippen molar-refractivity contribution in [3.8, 4) is 11.3 Å². The number of hydrogen-bond acceptors (Lipinski definition) is 6. The van der Waals surface area contributed by atoms with Crippen molar-refractivity contribution in [2.24, 2.45) is 0 Å². The fourth-order valence-corrected chi connectivity index (χ4v) is 3.18. The van der Waals surface area contributed by atoms with Gasteiger partial charge in [0.05, 0.1) is 30.9 Å². The molecule has 0 saturated carbocycles. The zero-order valence-corrected chi connectivity index (χ0v) is 15.6. The number of rotatable bonds is 4. The van der Waals surface area contributed by atoms with E-state index >= 15 is 0 Å². The van der Waals surface area contributed by atoms with Gasteiger partial charge in [-0.3, -0.25) is 4.31 Å². The van der Waals surface area contributed by atoms with Gasteiger partial charge in [-0.25, -0.2) is 18.4 Å². The van der Waals surface area contributed by atoms with E-state index in [1.807, 2.05) is 17.0 Å². The van der Waals surface area contributed by atoms with Crippen molar-refractivity contribution < 1.29 is 13.2 Å². The van der Waals surface area contributed by atoms with Crippen molar-refractivity contribution in [1.29, 1.82) is 0 Å². The Bertz CT molecular complexity index is 852. The maximum Gasteiger partial charge on any atom is 0.231 e. The summed E-state index contributed by atoms with van der Waals surface area (Å²) in [5.41, 5.74) is 2.11. The summed E-state index contributed by atoms with van der Waals surface area (Å²) in [4.78, 5) is 10.9. The Kier molecular flexibility index (Phi) is 5.12. The predicted octanol–water partition coefficient (Wildman–Crippen LogP) is 2.03. The molecule has 1 aliphatic rings. The smallest absolute Gasteiger partial charge is 0.231 e. The Balaban J connectivity index is 1.90. The molecule has 2 heterocycles. The lowest BCUT2D eigenvalue weighted by Gasteiger charge is -2.27. The highest BCUT2D eigenvalue weighted by molar-refractivity contribution is 7.92. The van der Waals surface area contributed by atoms with Crippen molar-refractivity contribution >= 4 is 33.3 Å². The topological polar surface area (TPSA) is 75.6 Å². The van der Waals surface area contributed by atoms with E-state index in [4.69, 9.17) is 16.3 Å². The van der Waals surface area contributed by atoms with Crippen LogP contribution in [0.3, 0.4) is 0 Å². The maximum atomic E-state index is 11.6. The fraction of sp³-hybridized carbons (Fsp3) is 0.375. The molecule has 1 aromatic carbocycles. The van der Waals surface area contributed by atoms with Crippen molar-refractivity contribution in [2.45, 2.75) is 0 Å². The summed E-state index contributed by atoms with van der Waals surface area (Å²) in [6, 6.07) is 8.81. The van der Waals surface area contributed by atoms with Crippen LogP contribution in [0.25, 0.3) is 11.3 Å². The minimum Gasteiger partial charge on any atom is -0.378 e. The number of halogens is 1. The molecule has 1 saturated heterocycles. The minimum atomic E-state index is -3.29. The predicted molar refractivity (Wildman–Crippen MR) is 98.8 cm³/mol. The standard InChI is InChI=1S/C16H19ClN4O3S/c1-20(25(2,22)23)13-5-3-12(4-6-13)14-11-15(17)19-16(18-14)21-7-9-24-10-8-21/h3-6,11H,7-10H2,1-2H3. The van der Waals surface area contributed by atoms with Crippen LogP contribution in [0.1, 0.15) is 0 Å². The zero-order valence-electron chi connectivity index (χ0n) is 14.0. The van der Waals surface area contributed by atoms with E-state index in [0.717, 1.165) is 18.7 Å². The number of sulfonamides is 1. The highest BCUT2D eigenvalue weighted by Gasteiger charge is 2.16. The van der Waals surface area contributed by atoms with Gasteiger partial charge < -0.3 is 9.64 Å². The first-order valence-corrected chi connectivity index (χ1v) is 9.99. The van der Waals surface area contributed by atoms with Gasteiger partial charge >= 0.3 is 0 Å². The van der Waals surface area contributed by atoms with Crippen LogP contribution in [0.2, 0.25) is 5.15 Å². The molecule has 1 aromatic heterocycles. The lowest BCUT2D eigenvalue weighted by molar-refractivity contribution is 0.122. The molecule has 7 nitrogen and oxygen atoms in total. The van der Waals surface area contributed by atoms with Gasteiger partial charge in [-0.1, -0.05) is 23.7 Å². The third kappa shape index (κ3) is 4.20. The lowest BCUT2D eigenvalue weighted by Crippen LogP contribution is -2.37. The molecule has 1 aliphatic heterocycles. The second kappa shape index (κ2) is 7.15. The Morgan fingerprint density at radius 1 is 1.16 bits per heavy atom. The van der Waals surface area contributed by atoms with Gasteiger partial charge in [0.15, 0.2) is 0 Å². The van der Waals surface area contributed by atoms with Gasteiger partial charge in [0.2, 0.25) is 16.0 Å². The SMILES string of the molecule is CN(c1ccc(-c2cc(Cl)nc(N3CCOCC3)n2)cc1)S(C)(=O)=O. The Morgan fingerprint density at radius 2 is 1.80 bits per heavy atom. The third-order valence-electron chi connectivity index (χ3n) is 4.00. The van der Waals surface area contributed by atoms with E-state index in [1.165, 1.54) is 17.6 Å². The average molecular weight is 383 g/mol. The van der Waals surface area contributed by atoms with Gasteiger partial charge in [0, 0.05) is 31.8 Å². The first-order chi connectivity index (χ1) is 11.8. The monoisotopic (exact) mass is 382 g/mol. The van der Waals surface area contributed by atoms with Crippen LogP contribution in [0, 0.1) is 0 Å². The van der Waals surface area contributed by atoms with E-state index in [0.29, 0.717) is 35.7 Å². The molecule has 1 fully saturated rings. The molecular weight excluding hydrogens is 364 g/mol. The van der Waals surface area contributed by atoms with Crippen molar-refractivity contribution in [3.63, 3.8) is 0 Å². The number of benzene rings is 1. The molecule has 0 atom stereocenters. The number of hydrogen-bond donors (Lipinski definition) is 0. The first kappa shape index (κ1) is 17.9. The van der Waals surface area contributed by atoms with Crippen LogP contribution >= 0.6 is 11.6 Å². The summed E-state index contributed by atoms with van der Waals surface area (Å²) in [5.74, 6) is 0.572. The summed E-state index contributed by atoms with van der Waals surface area (Å²) >= 11 is 6.16. The molecule has 3 rings (SSSR count). The molecule has 0 radical (unpaired) electrons. The van der Waals surface area contributed by atoms with Crippen molar-refractivity contribution in [3.05, 3.63) is 35.5 Å². The van der Waals surface area contributed by atoms with Crippen LogP contribution in [-0.4, -0.2) is 58.0 Å². The minimum absolute atomic E-state index is 0.365. The molecule has 0 bridgehead atoms. The molecule has 0 spiro atoms. The number of anilines is 2. The molecule has 134 valence electrons. The van der Waals surface area contributed by atoms with Gasteiger partial charge in [-0.05, 0) is 12.1 Å². The number of nitrogens with zero attached hydrogens (tertiary/aromatic N) is 4. The second-order valence-electron chi connectivity index (χ2n) is 5.75. The van der Waals surface area contributed by atoms with Crippen LogP contribution in [0.4, 0.5) is 11.6 Å². The normalized spacial score (nSPS) is 15.2. The Hall–Kier alpha value is -1.90. The Labute approximate surface area is 152 Å². The molecule has 25 heavy (non-hydrogen) atoms. The Morgan fingerprint density at radius 3 is 2.40 bits per heavy atom. The van der Waals surface area contributed by atoms with Gasteiger partial charge in [0.1, 0.15) is 5.15 Å². The third-order valence-corrected chi connectivity index (χ3v) is 5.40. The highest BCUT2D eigenvalue weighted by Crippen LogP contribution is 2.26. The summed E-state index contributed by atoms with van der Waals surface area (Å²) in [5, 5.41) is 0.365. The van der Waals surface area contributed by atoms with E-state index in [1.54, 1.807) is 18.2 Å². The molecule has 0 unspecified atom stereocenters. The van der Waals surface area contributed by atoms with Gasteiger partial charge in [0.25, 0.3) is 0 Å². The molecule has 0 N–H and O–H groups in total. The fourth-order valence-electron chi connectivity index (χ4n) is 2.49. The van der Waals surface area contributed by atoms with E-state index in [2.05, 4.69) is 9.97 Å². The van der Waals surface area contributed by atoms with Gasteiger partial charge in [-0.2, -0.15) is 0 Å². The first-order valence-electron chi connectivity index (χ1n) is 7.76. The largest absolute Gasteiger partial charge is 0.378 e. The quantitative estimate of drug-likeness (QED) is 0.753. The van der Waals surface area contributed by atoms with Crippen LogP contribution < -0.4 is 9.21 Å². The molecular formula is C16H19ClN4O3S. The van der Waals surface area contributed by atoms with Gasteiger partial charge in [-0.15, -0.1) is 0 Å². The van der Waals surface area contributed by atoms with E-state index < -0.39 is 10.0 Å². The zero-order chi connectivity index (χ0) is 18.0. The second-order valence-corrected chi connectivity index (χ2v) is 8.15. The molecule has 0 aliphatic carbocycles. The van der Waals surface area contributed by atoms with Crippen LogP contribution in [-0.2, 0) is 14.8 Å². The summed E-state index contributed by atoms with van der Waals surface area (Å²) in [7, 11) is -1.78. The lowest BCUT2D eigenvalue weighted by atomic mass is 10.1. The summed E-state index contributed by atoms with van der Waals surface area (Å²) in [6.45, 7) is 2.71. The highest BCUT2D eigenvalue weighted by atomic mass is 35.5. The van der Waals surface area contributed by atoms with E-state index in [9.17, 15) is 8.42 Å². The number of ether oxygens (including phenoxy) is 1. The van der Waals surface area contributed by atoms with Crippen molar-refractivity contribution in [2.75, 3.05) is 48.8 Å². The number of aromatic nitrogens is 2. The molecule has 0 amide bonds. The van der Waals surface area contributed by atoms with Crippen molar-refractivity contribution in [1.82, 2.24) is 9.97 Å². The molecule has 9 heteroatoms. The summed E-state index contributed by atoms with van der Waals surface area (Å²) < 4.78 is 29.8. The van der Waals surface area contributed by atoms with Crippen LogP contribution in [0.5, 0.6) is 0 Å². The summed E-state index contributed by atoms with van der Waals surface area (Å²) in [6.07, 6.45) is 1.17. The van der Waals surface area contributed by atoms with Crippen LogP contribution in [0.15, 0.2) is 30.3 Å². The average Bonchev–Trinajstić information content (AvgIpc) is 2.61. The molecule has 2 aromatic rings. The maximum absolute atomic E-state index is 11.6. The number of morpholine rings is 1. The van der Waals surface area contributed by atoms with E-state index in [-0.39, 0.29) is 0 Å².